The first kappa shape index (κ1) is 13.4. The maximum Gasteiger partial charge on any atom is 0.193 e. The Labute approximate surface area is 104 Å². The van der Waals surface area contributed by atoms with Gasteiger partial charge >= 0.3 is 0 Å². The minimum atomic E-state index is -0.166. The van der Waals surface area contributed by atoms with Crippen LogP contribution in [0.4, 0.5) is 11.4 Å². The van der Waals surface area contributed by atoms with E-state index in [1.54, 1.807) is 0 Å². The second-order valence-electron chi connectivity index (χ2n) is 5.23. The summed E-state index contributed by atoms with van der Waals surface area (Å²) in [5, 5.41) is 3.07. The molecule has 0 amide bonds. The quantitative estimate of drug-likeness (QED) is 0.609. The minimum absolute atomic E-state index is 0.166. The fourth-order valence-corrected chi connectivity index (χ4v) is 1.38. The average Bonchev–Trinajstić information content (AvgIpc) is 2.15. The first-order valence-corrected chi connectivity index (χ1v) is 5.68. The highest BCUT2D eigenvalue weighted by molar-refractivity contribution is 5.92. The third kappa shape index (κ3) is 4.76. The van der Waals surface area contributed by atoms with Gasteiger partial charge in [-0.2, -0.15) is 0 Å². The Morgan fingerprint density at radius 3 is 2.12 bits per heavy atom. The van der Waals surface area contributed by atoms with Crippen LogP contribution in [-0.4, -0.2) is 25.6 Å². The van der Waals surface area contributed by atoms with E-state index in [0.717, 1.165) is 11.4 Å². The first-order valence-electron chi connectivity index (χ1n) is 5.68. The molecule has 0 saturated carbocycles. The molecule has 0 fully saturated rings. The summed E-state index contributed by atoms with van der Waals surface area (Å²) >= 11 is 0. The zero-order valence-electron chi connectivity index (χ0n) is 11.3. The minimum Gasteiger partial charge on any atom is -0.378 e. The van der Waals surface area contributed by atoms with Crippen LogP contribution in [0.3, 0.4) is 0 Å². The van der Waals surface area contributed by atoms with Crippen molar-refractivity contribution in [1.82, 2.24) is 0 Å². The fraction of sp³-hybridized carbons (Fsp3) is 0.462. The van der Waals surface area contributed by atoms with E-state index in [0.29, 0.717) is 5.96 Å². The van der Waals surface area contributed by atoms with Crippen molar-refractivity contribution < 1.29 is 0 Å². The molecule has 3 N–H and O–H groups in total. The van der Waals surface area contributed by atoms with Crippen LogP contribution in [0, 0.1) is 0 Å². The number of nitrogens with zero attached hydrogens (tertiary/aromatic N) is 2. The van der Waals surface area contributed by atoms with E-state index >= 15 is 0 Å². The van der Waals surface area contributed by atoms with Crippen LogP contribution in [0.15, 0.2) is 29.3 Å². The molecule has 4 heteroatoms. The Kier molecular flexibility index (Phi) is 3.99. The summed E-state index contributed by atoms with van der Waals surface area (Å²) in [5.74, 6) is 0.440. The first-order chi connectivity index (χ1) is 7.78. The van der Waals surface area contributed by atoms with Crippen molar-refractivity contribution in [2.45, 2.75) is 26.3 Å². The van der Waals surface area contributed by atoms with Crippen molar-refractivity contribution >= 4 is 17.3 Å². The van der Waals surface area contributed by atoms with Gasteiger partial charge in [0.25, 0.3) is 0 Å². The van der Waals surface area contributed by atoms with Crippen LogP contribution in [0.25, 0.3) is 0 Å². The number of anilines is 2. The van der Waals surface area contributed by atoms with E-state index in [2.05, 4.69) is 15.2 Å². The van der Waals surface area contributed by atoms with Crippen molar-refractivity contribution in [3.8, 4) is 0 Å². The number of nitrogens with two attached hydrogens (primary N) is 1. The van der Waals surface area contributed by atoms with Gasteiger partial charge in [0.2, 0.25) is 0 Å². The van der Waals surface area contributed by atoms with E-state index in [4.69, 9.17) is 5.73 Å². The summed E-state index contributed by atoms with van der Waals surface area (Å²) in [7, 11) is 4.02. The molecule has 1 rings (SSSR count). The molecule has 0 aliphatic heterocycles. The molecule has 17 heavy (non-hydrogen) atoms. The van der Waals surface area contributed by atoms with Crippen LogP contribution in [0.2, 0.25) is 0 Å². The lowest BCUT2D eigenvalue weighted by molar-refractivity contribution is 0.583. The van der Waals surface area contributed by atoms with Crippen molar-refractivity contribution in [3.05, 3.63) is 24.3 Å². The molecule has 94 valence electrons. The van der Waals surface area contributed by atoms with Crippen molar-refractivity contribution in [2.75, 3.05) is 24.3 Å². The van der Waals surface area contributed by atoms with E-state index in [1.165, 1.54) is 0 Å². The largest absolute Gasteiger partial charge is 0.378 e. The number of nitrogens with one attached hydrogen (secondary N) is 1. The highest BCUT2D eigenvalue weighted by atomic mass is 15.1. The number of guanidine groups is 1. The third-order valence-electron chi connectivity index (χ3n) is 2.11. The number of benzene rings is 1. The van der Waals surface area contributed by atoms with E-state index in [-0.39, 0.29) is 5.54 Å². The molecule has 0 aliphatic carbocycles. The third-order valence-corrected chi connectivity index (χ3v) is 2.11. The number of hydrogen-bond acceptors (Lipinski definition) is 2. The summed E-state index contributed by atoms with van der Waals surface area (Å²) in [5.41, 5.74) is 7.75. The Balaban J connectivity index is 2.73. The Hall–Kier alpha value is -1.71. The molecule has 0 heterocycles. The molecule has 0 aromatic heterocycles. The molecule has 0 bridgehead atoms. The Bertz CT molecular complexity index is 385. The van der Waals surface area contributed by atoms with Crippen LogP contribution < -0.4 is 16.0 Å². The molecule has 4 nitrogen and oxygen atoms in total. The SMILES string of the molecule is CN(C)c1ccc(NC(N)=NC(C)(C)C)cc1. The van der Waals surface area contributed by atoms with E-state index in [1.807, 2.05) is 59.1 Å². The van der Waals surface area contributed by atoms with Gasteiger partial charge in [0.05, 0.1) is 5.54 Å². The smallest absolute Gasteiger partial charge is 0.193 e. The van der Waals surface area contributed by atoms with Crippen LogP contribution in [-0.2, 0) is 0 Å². The second kappa shape index (κ2) is 5.08. The molecular weight excluding hydrogens is 212 g/mol. The topological polar surface area (TPSA) is 53.6 Å². The normalized spacial score (nSPS) is 12.4. The second-order valence-corrected chi connectivity index (χ2v) is 5.23. The summed E-state index contributed by atoms with van der Waals surface area (Å²) in [6.45, 7) is 6.03. The molecule has 0 spiro atoms. The molecule has 0 saturated heterocycles. The molecule has 1 aromatic rings. The van der Waals surface area contributed by atoms with Gasteiger partial charge in [-0.3, -0.25) is 0 Å². The van der Waals surface area contributed by atoms with Gasteiger partial charge in [0, 0.05) is 25.5 Å². The molecule has 0 aliphatic rings. The van der Waals surface area contributed by atoms with Gasteiger partial charge in [-0.25, -0.2) is 4.99 Å². The zero-order chi connectivity index (χ0) is 13.1. The van der Waals surface area contributed by atoms with Crippen molar-refractivity contribution in [1.29, 1.82) is 0 Å². The maximum atomic E-state index is 5.82. The molecule has 1 aromatic carbocycles. The predicted octanol–water partition coefficient (Wildman–Crippen LogP) is 2.28. The average molecular weight is 234 g/mol. The van der Waals surface area contributed by atoms with E-state index in [9.17, 15) is 0 Å². The number of aliphatic imine (C=N–C) groups is 1. The molecule has 0 atom stereocenters. The Morgan fingerprint density at radius 2 is 1.71 bits per heavy atom. The summed E-state index contributed by atoms with van der Waals surface area (Å²) in [6, 6.07) is 8.04. The maximum absolute atomic E-state index is 5.82. The number of hydrogen-bond donors (Lipinski definition) is 2. The van der Waals surface area contributed by atoms with Gasteiger partial charge in [0.1, 0.15) is 0 Å². The van der Waals surface area contributed by atoms with Crippen molar-refractivity contribution in [3.63, 3.8) is 0 Å². The monoisotopic (exact) mass is 234 g/mol. The van der Waals surface area contributed by atoms with Crippen LogP contribution in [0.5, 0.6) is 0 Å². The fourth-order valence-electron chi connectivity index (χ4n) is 1.38. The summed E-state index contributed by atoms with van der Waals surface area (Å²) < 4.78 is 0. The lowest BCUT2D eigenvalue weighted by Crippen LogP contribution is -2.27. The standard InChI is InChI=1S/C13H22N4/c1-13(2,3)16-12(14)15-10-6-8-11(9-7-10)17(4)5/h6-9H,1-5H3,(H3,14,15,16). The summed E-state index contributed by atoms with van der Waals surface area (Å²) in [4.78, 5) is 6.39. The van der Waals surface area contributed by atoms with E-state index < -0.39 is 0 Å². The lowest BCUT2D eigenvalue weighted by atomic mass is 10.1. The van der Waals surface area contributed by atoms with Gasteiger partial charge in [-0.1, -0.05) is 0 Å². The highest BCUT2D eigenvalue weighted by Gasteiger charge is 2.08. The van der Waals surface area contributed by atoms with Crippen LogP contribution >= 0.6 is 0 Å². The zero-order valence-corrected chi connectivity index (χ0v) is 11.3. The van der Waals surface area contributed by atoms with Gasteiger partial charge in [-0.15, -0.1) is 0 Å². The van der Waals surface area contributed by atoms with Gasteiger partial charge < -0.3 is 16.0 Å². The summed E-state index contributed by atoms with van der Waals surface area (Å²) in [6.07, 6.45) is 0. The lowest BCUT2D eigenvalue weighted by Gasteiger charge is -2.15. The van der Waals surface area contributed by atoms with Crippen LogP contribution in [0.1, 0.15) is 20.8 Å². The van der Waals surface area contributed by atoms with Crippen molar-refractivity contribution in [2.24, 2.45) is 10.7 Å². The molecule has 0 unspecified atom stereocenters. The molecule has 0 radical (unpaired) electrons. The highest BCUT2D eigenvalue weighted by Crippen LogP contribution is 2.15. The Morgan fingerprint density at radius 1 is 1.18 bits per heavy atom. The number of rotatable bonds is 2. The van der Waals surface area contributed by atoms with Gasteiger partial charge in [-0.05, 0) is 45.0 Å². The molecular formula is C13H22N4. The predicted molar refractivity (Wildman–Crippen MR) is 75.8 cm³/mol. The van der Waals surface area contributed by atoms with Gasteiger partial charge in [0.15, 0.2) is 5.96 Å².